The van der Waals surface area contributed by atoms with Crippen molar-refractivity contribution in [3.8, 4) is 5.75 Å². The van der Waals surface area contributed by atoms with E-state index in [9.17, 15) is 13.2 Å². The summed E-state index contributed by atoms with van der Waals surface area (Å²) >= 11 is 0. The van der Waals surface area contributed by atoms with Crippen molar-refractivity contribution in [2.75, 3.05) is 27.3 Å². The van der Waals surface area contributed by atoms with Crippen molar-refractivity contribution < 1.29 is 22.7 Å². The second-order valence-electron chi connectivity index (χ2n) is 6.08. The van der Waals surface area contributed by atoms with E-state index in [1.54, 1.807) is 31.4 Å². The molecule has 3 rings (SSSR count). The SMILES string of the molecule is COC(=O)C1CCN(S(=O)(=O)c2ccc3cc(OC)ccc3c2)CC1. The summed E-state index contributed by atoms with van der Waals surface area (Å²) in [7, 11) is -0.623. The molecule has 0 spiro atoms. The molecule has 1 aliphatic heterocycles. The van der Waals surface area contributed by atoms with Crippen LogP contribution in [0, 0.1) is 5.92 Å². The lowest BCUT2D eigenvalue weighted by molar-refractivity contribution is -0.146. The molecule has 0 N–H and O–H groups in total. The molecule has 0 bridgehead atoms. The smallest absolute Gasteiger partial charge is 0.308 e. The van der Waals surface area contributed by atoms with Crippen LogP contribution >= 0.6 is 0 Å². The van der Waals surface area contributed by atoms with Gasteiger partial charge in [0.25, 0.3) is 0 Å². The predicted molar refractivity (Wildman–Crippen MR) is 94.0 cm³/mol. The lowest BCUT2D eigenvalue weighted by atomic mass is 9.99. The van der Waals surface area contributed by atoms with E-state index < -0.39 is 10.0 Å². The van der Waals surface area contributed by atoms with Crippen molar-refractivity contribution in [2.45, 2.75) is 17.7 Å². The average Bonchev–Trinajstić information content (AvgIpc) is 2.66. The number of ether oxygens (including phenoxy) is 2. The number of nitrogens with zero attached hydrogens (tertiary/aromatic N) is 1. The summed E-state index contributed by atoms with van der Waals surface area (Å²) in [4.78, 5) is 11.9. The molecule has 134 valence electrons. The highest BCUT2D eigenvalue weighted by molar-refractivity contribution is 7.89. The number of fused-ring (bicyclic) bond motifs is 1. The normalized spacial score (nSPS) is 16.7. The van der Waals surface area contributed by atoms with Crippen LogP contribution in [-0.4, -0.2) is 46.0 Å². The van der Waals surface area contributed by atoms with Crippen molar-refractivity contribution >= 4 is 26.8 Å². The quantitative estimate of drug-likeness (QED) is 0.780. The Morgan fingerprint density at radius 2 is 1.68 bits per heavy atom. The number of hydrogen-bond acceptors (Lipinski definition) is 5. The third-order valence-corrected chi connectivity index (χ3v) is 6.54. The molecule has 0 aliphatic carbocycles. The number of methoxy groups -OCH3 is 2. The summed E-state index contributed by atoms with van der Waals surface area (Å²) < 4.78 is 37.1. The monoisotopic (exact) mass is 363 g/mol. The van der Waals surface area contributed by atoms with Crippen molar-refractivity contribution in [3.63, 3.8) is 0 Å². The summed E-state index contributed by atoms with van der Waals surface area (Å²) in [5.74, 6) is 0.241. The second kappa shape index (κ2) is 7.01. The van der Waals surface area contributed by atoms with Gasteiger partial charge in [-0.25, -0.2) is 8.42 Å². The Bertz CT molecular complexity index is 885. The van der Waals surface area contributed by atoms with Crippen molar-refractivity contribution in [2.24, 2.45) is 5.92 Å². The molecule has 0 saturated carbocycles. The van der Waals surface area contributed by atoms with E-state index in [-0.39, 0.29) is 16.8 Å². The summed E-state index contributed by atoms with van der Waals surface area (Å²) in [6, 6.07) is 10.6. The molecule has 2 aromatic rings. The number of carbonyl (C=O) groups is 1. The first kappa shape index (κ1) is 17.7. The first-order valence-corrected chi connectivity index (χ1v) is 9.55. The van der Waals surface area contributed by atoms with Gasteiger partial charge in [0.2, 0.25) is 10.0 Å². The van der Waals surface area contributed by atoms with Gasteiger partial charge in [-0.15, -0.1) is 0 Å². The fraction of sp³-hybridized carbons (Fsp3) is 0.389. The number of carbonyl (C=O) groups excluding carboxylic acids is 1. The summed E-state index contributed by atoms with van der Waals surface area (Å²) in [6.45, 7) is 0.644. The highest BCUT2D eigenvalue weighted by Crippen LogP contribution is 2.28. The predicted octanol–water partition coefficient (Wildman–Crippen LogP) is 2.42. The van der Waals surface area contributed by atoms with E-state index >= 15 is 0 Å². The standard InChI is InChI=1S/C18H21NO5S/c1-23-16-5-3-15-12-17(6-4-14(15)11-16)25(21,22)19-9-7-13(8-10-19)18(20)24-2/h3-6,11-13H,7-10H2,1-2H3. The van der Waals surface area contributed by atoms with Gasteiger partial charge in [0.05, 0.1) is 25.0 Å². The van der Waals surface area contributed by atoms with E-state index in [1.807, 2.05) is 12.1 Å². The molecule has 0 atom stereocenters. The van der Waals surface area contributed by atoms with E-state index in [0.717, 1.165) is 16.5 Å². The van der Waals surface area contributed by atoms with E-state index in [0.29, 0.717) is 25.9 Å². The van der Waals surface area contributed by atoms with Crippen molar-refractivity contribution in [3.05, 3.63) is 36.4 Å². The Balaban J connectivity index is 1.83. The van der Waals surface area contributed by atoms with Gasteiger partial charge in [-0.2, -0.15) is 4.31 Å². The molecule has 1 saturated heterocycles. The molecule has 0 unspecified atom stereocenters. The van der Waals surface area contributed by atoms with Gasteiger partial charge in [-0.05, 0) is 47.9 Å². The minimum absolute atomic E-state index is 0.222. The molecule has 0 amide bonds. The summed E-state index contributed by atoms with van der Waals surface area (Å²) in [5.41, 5.74) is 0. The van der Waals surface area contributed by atoms with Gasteiger partial charge in [0, 0.05) is 13.1 Å². The van der Waals surface area contributed by atoms with Gasteiger partial charge in [0.1, 0.15) is 5.75 Å². The molecular weight excluding hydrogens is 342 g/mol. The van der Waals surface area contributed by atoms with Crippen LogP contribution < -0.4 is 4.74 Å². The van der Waals surface area contributed by atoms with E-state index in [2.05, 4.69) is 0 Å². The lowest BCUT2D eigenvalue weighted by Crippen LogP contribution is -2.40. The zero-order chi connectivity index (χ0) is 18.0. The number of hydrogen-bond donors (Lipinski definition) is 0. The van der Waals surface area contributed by atoms with Crippen LogP contribution in [-0.2, 0) is 19.6 Å². The third-order valence-electron chi connectivity index (χ3n) is 4.65. The fourth-order valence-corrected chi connectivity index (χ4v) is 4.64. The lowest BCUT2D eigenvalue weighted by Gasteiger charge is -2.29. The van der Waals surface area contributed by atoms with Gasteiger partial charge in [-0.1, -0.05) is 12.1 Å². The van der Waals surface area contributed by atoms with Gasteiger partial charge in [-0.3, -0.25) is 4.79 Å². The Hall–Kier alpha value is -2.12. The van der Waals surface area contributed by atoms with E-state index in [4.69, 9.17) is 9.47 Å². The number of sulfonamides is 1. The molecule has 0 aromatic heterocycles. The first-order chi connectivity index (χ1) is 12.0. The zero-order valence-corrected chi connectivity index (χ0v) is 15.1. The van der Waals surface area contributed by atoms with Crippen molar-refractivity contribution in [1.82, 2.24) is 4.31 Å². The molecule has 6 nitrogen and oxygen atoms in total. The van der Waals surface area contributed by atoms with Gasteiger partial charge < -0.3 is 9.47 Å². The van der Waals surface area contributed by atoms with Crippen LogP contribution in [0.2, 0.25) is 0 Å². The topological polar surface area (TPSA) is 72.9 Å². The maximum absolute atomic E-state index is 12.9. The van der Waals surface area contributed by atoms with Crippen LogP contribution in [0.1, 0.15) is 12.8 Å². The summed E-state index contributed by atoms with van der Waals surface area (Å²) in [6.07, 6.45) is 0.966. The average molecular weight is 363 g/mol. The van der Waals surface area contributed by atoms with Gasteiger partial charge >= 0.3 is 5.97 Å². The van der Waals surface area contributed by atoms with E-state index in [1.165, 1.54) is 11.4 Å². The number of esters is 1. The number of benzene rings is 2. The molecule has 0 radical (unpaired) electrons. The Labute approximate surface area is 147 Å². The molecule has 2 aromatic carbocycles. The molecule has 1 fully saturated rings. The Morgan fingerprint density at radius 3 is 2.32 bits per heavy atom. The van der Waals surface area contributed by atoms with Crippen LogP contribution in [0.5, 0.6) is 5.75 Å². The first-order valence-electron chi connectivity index (χ1n) is 8.11. The van der Waals surface area contributed by atoms with Crippen molar-refractivity contribution in [1.29, 1.82) is 0 Å². The van der Waals surface area contributed by atoms with Gasteiger partial charge in [0.15, 0.2) is 0 Å². The molecular formula is C18H21NO5S. The van der Waals surface area contributed by atoms with Crippen LogP contribution in [0.4, 0.5) is 0 Å². The molecule has 25 heavy (non-hydrogen) atoms. The highest BCUT2D eigenvalue weighted by atomic mass is 32.2. The molecule has 1 aliphatic rings. The van der Waals surface area contributed by atoms with Crippen LogP contribution in [0.15, 0.2) is 41.3 Å². The highest BCUT2D eigenvalue weighted by Gasteiger charge is 2.32. The zero-order valence-electron chi connectivity index (χ0n) is 14.3. The fourth-order valence-electron chi connectivity index (χ4n) is 3.14. The second-order valence-corrected chi connectivity index (χ2v) is 8.01. The number of piperidine rings is 1. The van der Waals surface area contributed by atoms with Crippen LogP contribution in [0.25, 0.3) is 10.8 Å². The molecule has 1 heterocycles. The third kappa shape index (κ3) is 3.48. The Morgan fingerprint density at radius 1 is 1.04 bits per heavy atom. The summed E-state index contributed by atoms with van der Waals surface area (Å²) in [5, 5.41) is 1.76. The maximum Gasteiger partial charge on any atom is 0.308 e. The molecule has 7 heteroatoms. The number of rotatable bonds is 4. The largest absolute Gasteiger partial charge is 0.497 e. The van der Waals surface area contributed by atoms with Crippen LogP contribution in [0.3, 0.4) is 0 Å². The minimum Gasteiger partial charge on any atom is -0.497 e. The minimum atomic E-state index is -3.58. The maximum atomic E-state index is 12.9. The Kier molecular flexibility index (Phi) is 4.96.